The van der Waals surface area contributed by atoms with Crippen LogP contribution in [0.4, 0.5) is 24.0 Å². The number of carbonyl (C=O) groups is 2. The Hall–Kier alpha value is -3.54. The number of benzene rings is 1. The van der Waals surface area contributed by atoms with Crippen LogP contribution in [0.3, 0.4) is 0 Å². The highest BCUT2D eigenvalue weighted by atomic mass is 32.1. The molecule has 1 aromatic carbocycles. The lowest BCUT2D eigenvalue weighted by molar-refractivity contribution is -0.173. The standard InChI is InChI=1S/C24H25F3N4O4S/c1-5-15-12(2)36-22(20(15)23(33)35-4)29-21(32)17-11-19-28-16(13-6-8-14(34-3)9-7-13)10-18(24(25,26)27)31(19)30-17/h6-9,11,16,18,28H,5,10H2,1-4H3,(H,29,32)/t16-,18-/m0/s1. The Morgan fingerprint density at radius 1 is 1.25 bits per heavy atom. The first-order valence-electron chi connectivity index (χ1n) is 11.2. The van der Waals surface area contributed by atoms with Gasteiger partial charge in [0.05, 0.1) is 25.8 Å². The molecule has 2 aromatic heterocycles. The van der Waals surface area contributed by atoms with Gasteiger partial charge in [-0.2, -0.15) is 18.3 Å². The minimum atomic E-state index is -4.58. The summed E-state index contributed by atoms with van der Waals surface area (Å²) in [5, 5.41) is 9.95. The van der Waals surface area contributed by atoms with Crippen LogP contribution in [-0.4, -0.2) is 42.1 Å². The molecule has 0 bridgehead atoms. The lowest BCUT2D eigenvalue weighted by atomic mass is 9.97. The molecular formula is C24H25F3N4O4S. The van der Waals surface area contributed by atoms with Gasteiger partial charge in [-0.15, -0.1) is 11.3 Å². The van der Waals surface area contributed by atoms with Crippen molar-refractivity contribution in [1.82, 2.24) is 9.78 Å². The number of halogens is 3. The van der Waals surface area contributed by atoms with Crippen molar-refractivity contribution in [3.8, 4) is 5.75 Å². The number of hydrogen-bond acceptors (Lipinski definition) is 7. The molecule has 0 aliphatic carbocycles. The maximum absolute atomic E-state index is 14.0. The number of esters is 1. The molecule has 2 atom stereocenters. The highest BCUT2D eigenvalue weighted by molar-refractivity contribution is 7.16. The second-order valence-electron chi connectivity index (χ2n) is 8.26. The number of nitrogens with one attached hydrogen (secondary N) is 2. The number of anilines is 2. The van der Waals surface area contributed by atoms with Crippen molar-refractivity contribution in [3.63, 3.8) is 0 Å². The van der Waals surface area contributed by atoms with Crippen molar-refractivity contribution in [2.24, 2.45) is 0 Å². The van der Waals surface area contributed by atoms with Crippen LogP contribution in [-0.2, 0) is 11.2 Å². The monoisotopic (exact) mass is 522 g/mol. The summed E-state index contributed by atoms with van der Waals surface area (Å²) in [7, 11) is 2.75. The number of ether oxygens (including phenoxy) is 2. The number of fused-ring (bicyclic) bond motifs is 1. The second kappa shape index (κ2) is 9.84. The quantitative estimate of drug-likeness (QED) is 0.414. The van der Waals surface area contributed by atoms with Gasteiger partial charge in [-0.1, -0.05) is 19.1 Å². The lowest BCUT2D eigenvalue weighted by Gasteiger charge is -2.33. The number of carbonyl (C=O) groups excluding carboxylic acids is 2. The fourth-order valence-corrected chi connectivity index (χ4v) is 5.45. The smallest absolute Gasteiger partial charge is 0.410 e. The number of rotatable bonds is 6. The fourth-order valence-electron chi connectivity index (χ4n) is 4.32. The first kappa shape index (κ1) is 25.5. The largest absolute Gasteiger partial charge is 0.497 e. The Kier molecular flexibility index (Phi) is 6.98. The van der Waals surface area contributed by atoms with Crippen molar-refractivity contribution in [3.05, 3.63) is 57.6 Å². The summed E-state index contributed by atoms with van der Waals surface area (Å²) >= 11 is 1.20. The van der Waals surface area contributed by atoms with Gasteiger partial charge in [-0.05, 0) is 36.6 Å². The molecule has 3 heterocycles. The molecule has 1 amide bonds. The number of alkyl halides is 3. The highest BCUT2D eigenvalue weighted by Gasteiger charge is 2.47. The number of amides is 1. The van der Waals surface area contributed by atoms with Gasteiger partial charge in [-0.25, -0.2) is 9.48 Å². The van der Waals surface area contributed by atoms with Gasteiger partial charge in [0.25, 0.3) is 5.91 Å². The van der Waals surface area contributed by atoms with E-state index in [1.165, 1.54) is 31.6 Å². The van der Waals surface area contributed by atoms with E-state index in [9.17, 15) is 22.8 Å². The zero-order chi connectivity index (χ0) is 26.2. The summed E-state index contributed by atoms with van der Waals surface area (Å²) in [6, 6.07) is 5.45. The van der Waals surface area contributed by atoms with Crippen LogP contribution in [0, 0.1) is 6.92 Å². The van der Waals surface area contributed by atoms with Crippen LogP contribution < -0.4 is 15.4 Å². The van der Waals surface area contributed by atoms with Crippen molar-refractivity contribution in [2.75, 3.05) is 24.9 Å². The number of aromatic nitrogens is 2. The van der Waals surface area contributed by atoms with Gasteiger partial charge in [0, 0.05) is 17.4 Å². The molecule has 2 N–H and O–H groups in total. The number of hydrogen-bond donors (Lipinski definition) is 2. The van der Waals surface area contributed by atoms with Crippen molar-refractivity contribution >= 4 is 34.0 Å². The first-order chi connectivity index (χ1) is 17.1. The Morgan fingerprint density at radius 2 is 1.94 bits per heavy atom. The molecule has 3 aromatic rings. The number of aryl methyl sites for hydroxylation is 1. The highest BCUT2D eigenvalue weighted by Crippen LogP contribution is 2.44. The van der Waals surface area contributed by atoms with Gasteiger partial charge in [-0.3, -0.25) is 4.79 Å². The lowest BCUT2D eigenvalue weighted by Crippen LogP contribution is -2.35. The summed E-state index contributed by atoms with van der Waals surface area (Å²) < 4.78 is 52.8. The summed E-state index contributed by atoms with van der Waals surface area (Å²) in [5.41, 5.74) is 1.42. The molecule has 0 saturated carbocycles. The summed E-state index contributed by atoms with van der Waals surface area (Å²) in [4.78, 5) is 26.2. The third-order valence-corrected chi connectivity index (χ3v) is 7.18. The second-order valence-corrected chi connectivity index (χ2v) is 9.49. The molecule has 192 valence electrons. The van der Waals surface area contributed by atoms with Gasteiger partial charge >= 0.3 is 12.1 Å². The zero-order valence-electron chi connectivity index (χ0n) is 20.0. The average Bonchev–Trinajstić information content (AvgIpc) is 3.42. The predicted octanol–water partition coefficient (Wildman–Crippen LogP) is 5.52. The normalized spacial score (nSPS) is 17.2. The molecule has 0 unspecified atom stereocenters. The van der Waals surface area contributed by atoms with E-state index >= 15 is 0 Å². The number of thiophene rings is 1. The predicted molar refractivity (Wildman–Crippen MR) is 129 cm³/mol. The molecule has 0 saturated heterocycles. The molecule has 0 radical (unpaired) electrons. The van der Waals surface area contributed by atoms with E-state index < -0.39 is 30.1 Å². The third kappa shape index (κ3) is 4.77. The fraction of sp³-hybridized carbons (Fsp3) is 0.375. The topological polar surface area (TPSA) is 94.5 Å². The maximum Gasteiger partial charge on any atom is 0.410 e. The molecule has 36 heavy (non-hydrogen) atoms. The van der Waals surface area contributed by atoms with Gasteiger partial charge in [0.15, 0.2) is 11.7 Å². The Balaban J connectivity index is 1.65. The van der Waals surface area contributed by atoms with E-state index in [0.29, 0.717) is 17.7 Å². The van der Waals surface area contributed by atoms with Crippen LogP contribution in [0.1, 0.15) is 62.3 Å². The molecule has 1 aliphatic rings. The van der Waals surface area contributed by atoms with Crippen LogP contribution in [0.25, 0.3) is 0 Å². The Labute approximate surface area is 209 Å². The molecular weight excluding hydrogens is 497 g/mol. The van der Waals surface area contributed by atoms with E-state index in [4.69, 9.17) is 9.47 Å². The van der Waals surface area contributed by atoms with E-state index in [1.54, 1.807) is 24.3 Å². The van der Waals surface area contributed by atoms with Gasteiger partial charge in [0.2, 0.25) is 0 Å². The maximum atomic E-state index is 14.0. The Morgan fingerprint density at radius 3 is 2.53 bits per heavy atom. The molecule has 12 heteroatoms. The molecule has 4 rings (SSSR count). The molecule has 0 spiro atoms. The van der Waals surface area contributed by atoms with Crippen molar-refractivity contribution in [2.45, 2.75) is 44.9 Å². The van der Waals surface area contributed by atoms with Crippen LogP contribution in [0.2, 0.25) is 0 Å². The molecule has 0 fully saturated rings. The van der Waals surface area contributed by atoms with E-state index in [0.717, 1.165) is 15.1 Å². The van der Waals surface area contributed by atoms with E-state index in [-0.39, 0.29) is 28.5 Å². The van der Waals surface area contributed by atoms with Gasteiger partial charge < -0.3 is 20.1 Å². The Bertz CT molecular complexity index is 1280. The minimum Gasteiger partial charge on any atom is -0.497 e. The number of methoxy groups -OCH3 is 2. The van der Waals surface area contributed by atoms with Crippen molar-refractivity contribution in [1.29, 1.82) is 0 Å². The van der Waals surface area contributed by atoms with Crippen molar-refractivity contribution < 1.29 is 32.2 Å². The van der Waals surface area contributed by atoms with Gasteiger partial charge in [0.1, 0.15) is 16.6 Å². The third-order valence-electron chi connectivity index (χ3n) is 6.12. The van der Waals surface area contributed by atoms with Crippen LogP contribution in [0.5, 0.6) is 5.75 Å². The summed E-state index contributed by atoms with van der Waals surface area (Å²) in [6.45, 7) is 3.69. The van der Waals surface area contributed by atoms with E-state index in [2.05, 4.69) is 15.7 Å². The summed E-state index contributed by atoms with van der Waals surface area (Å²) in [5.74, 6) is -0.668. The SMILES string of the molecule is CCc1c(C)sc(NC(=O)c2cc3n(n2)[C@H](C(F)(F)F)C[C@@H](c2ccc(OC)cc2)N3)c1C(=O)OC. The zero-order valence-corrected chi connectivity index (χ0v) is 20.8. The summed E-state index contributed by atoms with van der Waals surface area (Å²) in [6.07, 6.45) is -4.34. The van der Waals surface area contributed by atoms with Crippen LogP contribution >= 0.6 is 11.3 Å². The minimum absolute atomic E-state index is 0.0688. The van der Waals surface area contributed by atoms with E-state index in [1.807, 2.05) is 13.8 Å². The molecule has 8 nitrogen and oxygen atoms in total. The first-order valence-corrected chi connectivity index (χ1v) is 12.0. The van der Waals surface area contributed by atoms with Crippen LogP contribution in [0.15, 0.2) is 30.3 Å². The average molecular weight is 523 g/mol. The number of nitrogens with zero attached hydrogens (tertiary/aromatic N) is 2. The molecule has 1 aliphatic heterocycles.